The van der Waals surface area contributed by atoms with Crippen LogP contribution in [0.1, 0.15) is 44.1 Å². The second-order valence-corrected chi connectivity index (χ2v) is 8.14. The first kappa shape index (κ1) is 20.5. The minimum Gasteiger partial charge on any atom is -0.338 e. The predicted octanol–water partition coefficient (Wildman–Crippen LogP) is 3.14. The summed E-state index contributed by atoms with van der Waals surface area (Å²) in [7, 11) is 0. The minimum absolute atomic E-state index is 0.0732. The number of carbonyl (C=O) groups excluding carboxylic acids is 2. The SMILES string of the molecule is O=C(NCCc1ccccc1)NCC1CCC(CNC(=O)N2CCCC2)CC1. The third kappa shape index (κ3) is 6.73. The van der Waals surface area contributed by atoms with Crippen LogP contribution in [-0.2, 0) is 6.42 Å². The summed E-state index contributed by atoms with van der Waals surface area (Å²) in [4.78, 5) is 26.0. The van der Waals surface area contributed by atoms with Gasteiger partial charge in [0.2, 0.25) is 0 Å². The van der Waals surface area contributed by atoms with Gasteiger partial charge in [-0.25, -0.2) is 9.59 Å². The van der Waals surface area contributed by atoms with E-state index in [9.17, 15) is 9.59 Å². The molecular weight excluding hydrogens is 352 g/mol. The molecule has 1 aromatic carbocycles. The van der Waals surface area contributed by atoms with E-state index in [0.717, 1.165) is 71.1 Å². The van der Waals surface area contributed by atoms with E-state index in [1.165, 1.54) is 5.56 Å². The van der Waals surface area contributed by atoms with E-state index in [4.69, 9.17) is 0 Å². The lowest BCUT2D eigenvalue weighted by Crippen LogP contribution is -2.42. The van der Waals surface area contributed by atoms with Crippen molar-refractivity contribution in [2.24, 2.45) is 11.8 Å². The van der Waals surface area contributed by atoms with Crippen molar-refractivity contribution in [1.29, 1.82) is 0 Å². The largest absolute Gasteiger partial charge is 0.338 e. The molecule has 0 spiro atoms. The Morgan fingerprint density at radius 1 is 0.857 bits per heavy atom. The van der Waals surface area contributed by atoms with E-state index in [0.29, 0.717) is 18.4 Å². The number of urea groups is 2. The number of likely N-dealkylation sites (tertiary alicyclic amines) is 1. The molecule has 3 N–H and O–H groups in total. The molecule has 1 saturated carbocycles. The highest BCUT2D eigenvalue weighted by atomic mass is 16.2. The molecule has 6 heteroatoms. The lowest BCUT2D eigenvalue weighted by atomic mass is 9.82. The molecular formula is C22H34N4O2. The van der Waals surface area contributed by atoms with Gasteiger partial charge in [0.1, 0.15) is 0 Å². The third-order valence-corrected chi connectivity index (χ3v) is 5.99. The van der Waals surface area contributed by atoms with Gasteiger partial charge in [0.05, 0.1) is 0 Å². The summed E-state index contributed by atoms with van der Waals surface area (Å²) in [6.45, 7) is 3.98. The summed E-state index contributed by atoms with van der Waals surface area (Å²) in [5, 5.41) is 9.05. The summed E-state index contributed by atoms with van der Waals surface area (Å²) in [6, 6.07) is 10.2. The van der Waals surface area contributed by atoms with Gasteiger partial charge in [0.25, 0.3) is 0 Å². The van der Waals surface area contributed by atoms with Gasteiger partial charge in [-0.05, 0) is 62.3 Å². The maximum atomic E-state index is 12.1. The highest BCUT2D eigenvalue weighted by Gasteiger charge is 2.23. The van der Waals surface area contributed by atoms with Crippen molar-refractivity contribution >= 4 is 12.1 Å². The van der Waals surface area contributed by atoms with Gasteiger partial charge in [0, 0.05) is 32.7 Å². The van der Waals surface area contributed by atoms with E-state index in [2.05, 4.69) is 28.1 Å². The molecule has 1 saturated heterocycles. The number of nitrogens with one attached hydrogen (secondary N) is 3. The average molecular weight is 387 g/mol. The summed E-state index contributed by atoms with van der Waals surface area (Å²) >= 11 is 0. The maximum absolute atomic E-state index is 12.1. The summed E-state index contributed by atoms with van der Waals surface area (Å²) in [5.41, 5.74) is 1.23. The lowest BCUT2D eigenvalue weighted by molar-refractivity contribution is 0.201. The molecule has 0 unspecified atom stereocenters. The van der Waals surface area contributed by atoms with Gasteiger partial charge >= 0.3 is 12.1 Å². The fourth-order valence-corrected chi connectivity index (χ4v) is 4.17. The summed E-state index contributed by atoms with van der Waals surface area (Å²) in [6.07, 6.45) is 7.60. The van der Waals surface area contributed by atoms with Crippen LogP contribution in [0.5, 0.6) is 0 Å². The van der Waals surface area contributed by atoms with Crippen LogP contribution < -0.4 is 16.0 Å². The van der Waals surface area contributed by atoms with Crippen molar-refractivity contribution < 1.29 is 9.59 Å². The summed E-state index contributed by atoms with van der Waals surface area (Å²) in [5.74, 6) is 1.12. The van der Waals surface area contributed by atoms with Crippen LogP contribution in [0.25, 0.3) is 0 Å². The monoisotopic (exact) mass is 386 g/mol. The first-order chi connectivity index (χ1) is 13.7. The molecule has 3 rings (SSSR count). The number of rotatable bonds is 7. The van der Waals surface area contributed by atoms with Crippen molar-refractivity contribution in [3.05, 3.63) is 35.9 Å². The van der Waals surface area contributed by atoms with Gasteiger partial charge in [-0.2, -0.15) is 0 Å². The zero-order chi connectivity index (χ0) is 19.6. The number of amides is 4. The predicted molar refractivity (Wildman–Crippen MR) is 111 cm³/mol. The van der Waals surface area contributed by atoms with E-state index >= 15 is 0 Å². The molecule has 0 atom stereocenters. The topological polar surface area (TPSA) is 73.5 Å². The second kappa shape index (κ2) is 10.9. The van der Waals surface area contributed by atoms with E-state index in [-0.39, 0.29) is 12.1 Å². The van der Waals surface area contributed by atoms with Crippen LogP contribution in [0.2, 0.25) is 0 Å². The van der Waals surface area contributed by atoms with Gasteiger partial charge < -0.3 is 20.9 Å². The van der Waals surface area contributed by atoms with Crippen molar-refractivity contribution in [1.82, 2.24) is 20.9 Å². The molecule has 4 amide bonds. The number of hydrogen-bond donors (Lipinski definition) is 3. The van der Waals surface area contributed by atoms with Crippen molar-refractivity contribution in [2.45, 2.75) is 44.9 Å². The number of benzene rings is 1. The normalized spacial score (nSPS) is 21.9. The fraction of sp³-hybridized carbons (Fsp3) is 0.636. The van der Waals surface area contributed by atoms with Crippen LogP contribution in [0.15, 0.2) is 30.3 Å². The zero-order valence-electron chi connectivity index (χ0n) is 16.8. The lowest BCUT2D eigenvalue weighted by Gasteiger charge is -2.29. The number of nitrogens with zero attached hydrogens (tertiary/aromatic N) is 1. The molecule has 1 heterocycles. The fourth-order valence-electron chi connectivity index (χ4n) is 4.17. The van der Waals surface area contributed by atoms with Crippen LogP contribution in [0, 0.1) is 11.8 Å². The van der Waals surface area contributed by atoms with Crippen LogP contribution in [0.4, 0.5) is 9.59 Å². The maximum Gasteiger partial charge on any atom is 0.317 e. The Balaban J connectivity index is 1.23. The molecule has 6 nitrogen and oxygen atoms in total. The highest BCUT2D eigenvalue weighted by molar-refractivity contribution is 5.74. The molecule has 2 aliphatic rings. The Hall–Kier alpha value is -2.24. The van der Waals surface area contributed by atoms with Gasteiger partial charge in [-0.15, -0.1) is 0 Å². The molecule has 0 radical (unpaired) electrons. The van der Waals surface area contributed by atoms with Gasteiger partial charge in [-0.1, -0.05) is 30.3 Å². The molecule has 0 aromatic heterocycles. The average Bonchev–Trinajstić information content (AvgIpc) is 3.27. The van der Waals surface area contributed by atoms with E-state index in [1.54, 1.807) is 0 Å². The Morgan fingerprint density at radius 2 is 1.46 bits per heavy atom. The van der Waals surface area contributed by atoms with E-state index < -0.39 is 0 Å². The number of carbonyl (C=O) groups is 2. The molecule has 1 aliphatic carbocycles. The minimum atomic E-state index is -0.0732. The van der Waals surface area contributed by atoms with Crippen molar-refractivity contribution in [3.63, 3.8) is 0 Å². The Morgan fingerprint density at radius 3 is 2.11 bits per heavy atom. The molecule has 0 bridgehead atoms. The second-order valence-electron chi connectivity index (χ2n) is 8.14. The Labute approximate surface area is 168 Å². The van der Waals surface area contributed by atoms with Gasteiger partial charge in [-0.3, -0.25) is 0 Å². The standard InChI is InChI=1S/C22H34N4O2/c27-21(23-13-12-18-6-2-1-3-7-18)24-16-19-8-10-20(11-9-19)17-25-22(28)26-14-4-5-15-26/h1-3,6-7,19-20H,4-5,8-17H2,(H,25,28)(H2,23,24,27). The Kier molecular flexibility index (Phi) is 8.00. The number of hydrogen-bond acceptors (Lipinski definition) is 2. The zero-order valence-corrected chi connectivity index (χ0v) is 16.8. The smallest absolute Gasteiger partial charge is 0.317 e. The van der Waals surface area contributed by atoms with Crippen LogP contribution >= 0.6 is 0 Å². The molecule has 28 heavy (non-hydrogen) atoms. The Bertz CT molecular complexity index is 608. The third-order valence-electron chi connectivity index (χ3n) is 5.99. The van der Waals surface area contributed by atoms with E-state index in [1.807, 2.05) is 23.1 Å². The quantitative estimate of drug-likeness (QED) is 0.673. The first-order valence-electron chi connectivity index (χ1n) is 10.8. The van der Waals surface area contributed by atoms with Gasteiger partial charge in [0.15, 0.2) is 0 Å². The van der Waals surface area contributed by atoms with Crippen molar-refractivity contribution in [2.75, 3.05) is 32.7 Å². The van der Waals surface area contributed by atoms with Crippen molar-refractivity contribution in [3.8, 4) is 0 Å². The molecule has 2 fully saturated rings. The van der Waals surface area contributed by atoms with Crippen LogP contribution in [0.3, 0.4) is 0 Å². The summed E-state index contributed by atoms with van der Waals surface area (Å²) < 4.78 is 0. The molecule has 1 aliphatic heterocycles. The molecule has 154 valence electrons. The van der Waals surface area contributed by atoms with Crippen LogP contribution in [-0.4, -0.2) is 49.7 Å². The highest BCUT2D eigenvalue weighted by Crippen LogP contribution is 2.28. The molecule has 1 aromatic rings. The first-order valence-corrected chi connectivity index (χ1v) is 10.8.